The van der Waals surface area contributed by atoms with Crippen LogP contribution in [0.2, 0.25) is 0 Å². The first kappa shape index (κ1) is 9.71. The molecule has 0 aliphatic carbocycles. The lowest BCUT2D eigenvalue weighted by molar-refractivity contribution is 0.275. The minimum Gasteiger partial charge on any atom is -0.423 e. The molecule has 3 nitrogen and oxygen atoms in total. The number of rotatable bonds is 3. The molecule has 1 aliphatic heterocycles. The van der Waals surface area contributed by atoms with Crippen LogP contribution in [0.25, 0.3) is 0 Å². The van der Waals surface area contributed by atoms with Crippen LogP contribution in [0.3, 0.4) is 0 Å². The van der Waals surface area contributed by atoms with Crippen LogP contribution < -0.4 is 10.8 Å². The van der Waals surface area contributed by atoms with E-state index in [0.29, 0.717) is 6.61 Å². The average molecular weight is 191 g/mol. The second-order valence-corrected chi connectivity index (χ2v) is 3.48. The molecule has 4 heteroatoms. The lowest BCUT2D eigenvalue weighted by Crippen LogP contribution is -2.28. The maximum atomic E-state index is 9.41. The highest BCUT2D eigenvalue weighted by Gasteiger charge is 2.26. The molecule has 0 radical (unpaired) electrons. The Bertz CT molecular complexity index is 330. The highest BCUT2D eigenvalue weighted by molar-refractivity contribution is 6.61. The van der Waals surface area contributed by atoms with E-state index in [4.69, 9.17) is 4.65 Å². The van der Waals surface area contributed by atoms with Crippen LogP contribution in [0.15, 0.2) is 18.2 Å². The van der Waals surface area contributed by atoms with Crippen LogP contribution in [0.1, 0.15) is 18.1 Å². The first-order valence-corrected chi connectivity index (χ1v) is 4.93. The summed E-state index contributed by atoms with van der Waals surface area (Å²) in [7, 11) is -0.724. The van der Waals surface area contributed by atoms with Crippen molar-refractivity contribution in [2.45, 2.75) is 20.1 Å². The topological polar surface area (TPSA) is 41.5 Å². The van der Waals surface area contributed by atoms with Crippen LogP contribution in [0, 0.1) is 0 Å². The molecule has 0 amide bonds. The molecule has 0 aromatic heterocycles. The third kappa shape index (κ3) is 1.82. The lowest BCUT2D eigenvalue weighted by atomic mass is 9.79. The zero-order valence-electron chi connectivity index (χ0n) is 8.29. The Morgan fingerprint density at radius 3 is 3.21 bits per heavy atom. The van der Waals surface area contributed by atoms with E-state index < -0.39 is 7.12 Å². The van der Waals surface area contributed by atoms with Crippen molar-refractivity contribution >= 4 is 12.6 Å². The number of fused-ring (bicyclic) bond motifs is 1. The highest BCUT2D eigenvalue weighted by atomic mass is 16.5. The van der Waals surface area contributed by atoms with Gasteiger partial charge in [-0.2, -0.15) is 0 Å². The molecule has 2 N–H and O–H groups in total. The number of benzene rings is 1. The summed E-state index contributed by atoms with van der Waals surface area (Å²) >= 11 is 0. The average Bonchev–Trinajstić information content (AvgIpc) is 2.57. The van der Waals surface area contributed by atoms with E-state index in [9.17, 15) is 5.02 Å². The minimum absolute atomic E-state index is 0.524. The van der Waals surface area contributed by atoms with Crippen molar-refractivity contribution in [3.8, 4) is 0 Å². The quantitative estimate of drug-likeness (QED) is 0.661. The number of hydrogen-bond donors (Lipinski definition) is 2. The van der Waals surface area contributed by atoms with Crippen molar-refractivity contribution in [3.63, 3.8) is 0 Å². The Balaban J connectivity index is 2.15. The molecule has 0 bridgehead atoms. The van der Waals surface area contributed by atoms with Gasteiger partial charge in [0.1, 0.15) is 0 Å². The van der Waals surface area contributed by atoms with Gasteiger partial charge in [-0.25, -0.2) is 0 Å². The Morgan fingerprint density at radius 2 is 2.43 bits per heavy atom. The van der Waals surface area contributed by atoms with E-state index in [0.717, 1.165) is 24.1 Å². The van der Waals surface area contributed by atoms with Crippen LogP contribution >= 0.6 is 0 Å². The molecule has 0 saturated heterocycles. The van der Waals surface area contributed by atoms with Gasteiger partial charge in [0.05, 0.1) is 6.61 Å². The maximum absolute atomic E-state index is 9.41. The predicted octanol–water partition coefficient (Wildman–Crippen LogP) is 0.0138. The summed E-state index contributed by atoms with van der Waals surface area (Å²) in [5, 5.41) is 12.7. The van der Waals surface area contributed by atoms with Gasteiger partial charge in [0.25, 0.3) is 0 Å². The van der Waals surface area contributed by atoms with Crippen molar-refractivity contribution in [2.24, 2.45) is 0 Å². The Morgan fingerprint density at radius 1 is 1.57 bits per heavy atom. The summed E-state index contributed by atoms with van der Waals surface area (Å²) in [6.45, 7) is 4.45. The minimum atomic E-state index is -0.724. The van der Waals surface area contributed by atoms with E-state index >= 15 is 0 Å². The lowest BCUT2D eigenvalue weighted by Gasteiger charge is -2.04. The van der Waals surface area contributed by atoms with Crippen LogP contribution in [0.5, 0.6) is 0 Å². The van der Waals surface area contributed by atoms with Gasteiger partial charge < -0.3 is 15.0 Å². The summed E-state index contributed by atoms with van der Waals surface area (Å²) in [5.74, 6) is 0. The van der Waals surface area contributed by atoms with E-state index in [-0.39, 0.29) is 0 Å². The smallest absolute Gasteiger partial charge is 0.423 e. The van der Waals surface area contributed by atoms with Gasteiger partial charge in [0.2, 0.25) is 0 Å². The maximum Gasteiger partial charge on any atom is 0.491 e. The first-order chi connectivity index (χ1) is 6.81. The van der Waals surface area contributed by atoms with Crippen LogP contribution in [0.4, 0.5) is 0 Å². The zero-order chi connectivity index (χ0) is 9.97. The van der Waals surface area contributed by atoms with Crippen molar-refractivity contribution in [1.29, 1.82) is 0 Å². The van der Waals surface area contributed by atoms with Gasteiger partial charge in [-0.05, 0) is 23.1 Å². The number of hydrogen-bond acceptors (Lipinski definition) is 3. The fourth-order valence-electron chi connectivity index (χ4n) is 1.66. The zero-order valence-corrected chi connectivity index (χ0v) is 8.29. The Labute approximate surface area is 84.2 Å². The molecule has 0 saturated carbocycles. The molecule has 1 aromatic rings. The van der Waals surface area contributed by atoms with Crippen molar-refractivity contribution in [3.05, 3.63) is 29.3 Å². The highest BCUT2D eigenvalue weighted by Crippen LogP contribution is 2.11. The van der Waals surface area contributed by atoms with E-state index in [1.807, 2.05) is 12.1 Å². The monoisotopic (exact) mass is 191 g/mol. The second-order valence-electron chi connectivity index (χ2n) is 3.48. The summed E-state index contributed by atoms with van der Waals surface area (Å²) in [6.07, 6.45) is 0. The van der Waals surface area contributed by atoms with E-state index in [1.54, 1.807) is 0 Å². The third-order valence-electron chi connectivity index (χ3n) is 2.45. The van der Waals surface area contributed by atoms with Crippen molar-refractivity contribution < 1.29 is 9.68 Å². The van der Waals surface area contributed by atoms with Gasteiger partial charge in [-0.1, -0.05) is 25.1 Å². The molecule has 2 rings (SSSR count). The number of nitrogens with one attached hydrogen (secondary N) is 1. The fourth-order valence-corrected chi connectivity index (χ4v) is 1.66. The first-order valence-electron chi connectivity index (χ1n) is 4.93. The van der Waals surface area contributed by atoms with Crippen molar-refractivity contribution in [1.82, 2.24) is 5.32 Å². The molecule has 1 aromatic carbocycles. The summed E-state index contributed by atoms with van der Waals surface area (Å²) in [6, 6.07) is 6.06. The van der Waals surface area contributed by atoms with Gasteiger partial charge in [-0.3, -0.25) is 0 Å². The normalized spacial score (nSPS) is 14.6. The van der Waals surface area contributed by atoms with E-state index in [1.165, 1.54) is 5.56 Å². The Hall–Kier alpha value is -0.835. The molecule has 14 heavy (non-hydrogen) atoms. The fraction of sp³-hybridized carbons (Fsp3) is 0.400. The molecule has 1 heterocycles. The van der Waals surface area contributed by atoms with E-state index in [2.05, 4.69) is 18.3 Å². The van der Waals surface area contributed by atoms with Crippen LogP contribution in [-0.2, 0) is 17.8 Å². The third-order valence-corrected chi connectivity index (χ3v) is 2.45. The molecular formula is C10H14BNO2. The molecule has 0 spiro atoms. The molecule has 1 aliphatic rings. The van der Waals surface area contributed by atoms with Crippen molar-refractivity contribution in [2.75, 3.05) is 6.54 Å². The molecule has 0 atom stereocenters. The van der Waals surface area contributed by atoms with Crippen LogP contribution in [-0.4, -0.2) is 18.7 Å². The predicted molar refractivity (Wildman–Crippen MR) is 56.2 cm³/mol. The standard InChI is InChI=1S/C10H14BNO2/c1-2-12-6-8-3-4-10-9(5-8)7-14-11(10)13/h3-5,12-13H,2,6-7H2,1H3. The second kappa shape index (κ2) is 4.13. The summed E-state index contributed by atoms with van der Waals surface area (Å²) in [4.78, 5) is 0. The molecule has 0 fully saturated rings. The summed E-state index contributed by atoms with van der Waals surface area (Å²) < 4.78 is 5.12. The van der Waals surface area contributed by atoms with Gasteiger partial charge >= 0.3 is 7.12 Å². The molecule has 74 valence electrons. The van der Waals surface area contributed by atoms with Gasteiger partial charge in [-0.15, -0.1) is 0 Å². The molecular weight excluding hydrogens is 177 g/mol. The SMILES string of the molecule is CCNCc1ccc2c(c1)COB2O. The van der Waals surface area contributed by atoms with Gasteiger partial charge in [0.15, 0.2) is 0 Å². The summed E-state index contributed by atoms with van der Waals surface area (Å²) in [5.41, 5.74) is 3.25. The van der Waals surface area contributed by atoms with Gasteiger partial charge in [0, 0.05) is 6.54 Å². The largest absolute Gasteiger partial charge is 0.491 e. The molecule has 0 unspecified atom stereocenters. The Kier molecular flexibility index (Phi) is 2.86.